The van der Waals surface area contributed by atoms with Gasteiger partial charge in [0.1, 0.15) is 11.7 Å². The molecule has 0 aromatic heterocycles. The Balaban J connectivity index is 2.15. The molecule has 3 atom stereocenters. The van der Waals surface area contributed by atoms with Gasteiger partial charge < -0.3 is 15.7 Å². The molecule has 142 valence electrons. The minimum absolute atomic E-state index is 0.00583. The molecule has 0 saturated carbocycles. The van der Waals surface area contributed by atoms with Crippen LogP contribution in [0, 0.1) is 11.7 Å². The highest BCUT2D eigenvalue weighted by Crippen LogP contribution is 2.43. The van der Waals surface area contributed by atoms with Gasteiger partial charge in [-0.15, -0.1) is 0 Å². The number of hydrogen-bond donors (Lipinski definition) is 3. The van der Waals surface area contributed by atoms with Crippen LogP contribution in [-0.4, -0.2) is 27.9 Å². The van der Waals surface area contributed by atoms with Crippen LogP contribution in [0.25, 0.3) is 0 Å². The summed E-state index contributed by atoms with van der Waals surface area (Å²) in [5, 5.41) is 14.4. The zero-order valence-corrected chi connectivity index (χ0v) is 14.4. The Bertz CT molecular complexity index is 858. The van der Waals surface area contributed by atoms with Crippen LogP contribution in [0.15, 0.2) is 54.6 Å². The van der Waals surface area contributed by atoms with E-state index in [2.05, 4.69) is 5.32 Å². The lowest BCUT2D eigenvalue weighted by molar-refractivity contribution is -0.285. The van der Waals surface area contributed by atoms with Gasteiger partial charge in [-0.25, -0.2) is 4.39 Å². The Labute approximate surface area is 157 Å². The van der Waals surface area contributed by atoms with Gasteiger partial charge in [-0.2, -0.15) is 13.2 Å². The largest absolute Gasteiger partial charge is 0.437 e. The van der Waals surface area contributed by atoms with Gasteiger partial charge in [-0.05, 0) is 29.9 Å². The number of carbonyl (C=O) groups is 1. The van der Waals surface area contributed by atoms with Crippen molar-refractivity contribution in [2.45, 2.75) is 17.9 Å². The van der Waals surface area contributed by atoms with Crippen molar-refractivity contribution >= 4 is 23.1 Å². The molecule has 0 amide bonds. The van der Waals surface area contributed by atoms with Crippen molar-refractivity contribution in [2.24, 2.45) is 5.92 Å². The summed E-state index contributed by atoms with van der Waals surface area (Å²) in [5.41, 5.74) is -3.42. The number of rotatable bonds is 3. The number of nitrogens with one attached hydrogen (secondary N) is 2. The molecule has 2 aromatic carbocycles. The first-order chi connectivity index (χ1) is 12.6. The molecule has 3 unspecified atom stereocenters. The molecule has 4 nitrogen and oxygen atoms in total. The zero-order valence-electron chi connectivity index (χ0n) is 13.6. The van der Waals surface area contributed by atoms with Gasteiger partial charge in [0.2, 0.25) is 5.72 Å². The number of alkyl halides is 3. The van der Waals surface area contributed by atoms with Gasteiger partial charge in [0.05, 0.1) is 6.04 Å². The van der Waals surface area contributed by atoms with Gasteiger partial charge in [0.25, 0.3) is 0 Å². The third kappa shape index (κ3) is 3.52. The number of Topliss-reactive ketones (excluding diaryl/α,β-unsaturated/α-hetero) is 1. The van der Waals surface area contributed by atoms with Gasteiger partial charge in [-0.1, -0.05) is 42.5 Å². The van der Waals surface area contributed by atoms with E-state index in [0.29, 0.717) is 0 Å². The molecule has 1 fully saturated rings. The molecule has 3 rings (SSSR count). The molecule has 1 saturated heterocycles. The third-order valence-electron chi connectivity index (χ3n) is 4.38. The molecule has 0 radical (unpaired) electrons. The molecule has 27 heavy (non-hydrogen) atoms. The predicted molar refractivity (Wildman–Crippen MR) is 93.3 cm³/mol. The van der Waals surface area contributed by atoms with Crippen molar-refractivity contribution in [3.63, 3.8) is 0 Å². The Morgan fingerprint density at radius 2 is 1.67 bits per heavy atom. The van der Waals surface area contributed by atoms with Crippen molar-refractivity contribution < 1.29 is 27.5 Å². The highest BCUT2D eigenvalue weighted by molar-refractivity contribution is 7.80. The first-order valence-corrected chi connectivity index (χ1v) is 8.27. The van der Waals surface area contributed by atoms with Crippen molar-refractivity contribution in [1.29, 1.82) is 0 Å². The summed E-state index contributed by atoms with van der Waals surface area (Å²) in [6, 6.07) is 10.6. The van der Waals surface area contributed by atoms with Gasteiger partial charge in [0, 0.05) is 5.56 Å². The number of carbonyl (C=O) groups excluding carboxylic acids is 1. The fourth-order valence-corrected chi connectivity index (χ4v) is 3.35. The second-order valence-corrected chi connectivity index (χ2v) is 6.51. The highest BCUT2D eigenvalue weighted by atomic mass is 32.1. The van der Waals surface area contributed by atoms with Crippen LogP contribution in [0.3, 0.4) is 0 Å². The first-order valence-electron chi connectivity index (χ1n) is 7.86. The maximum absolute atomic E-state index is 13.8. The molecule has 3 N–H and O–H groups in total. The van der Waals surface area contributed by atoms with E-state index in [9.17, 15) is 27.5 Å². The molecule has 9 heteroatoms. The lowest BCUT2D eigenvalue weighted by atomic mass is 9.77. The third-order valence-corrected chi connectivity index (χ3v) is 4.60. The number of thiocarbonyl (C=S) groups is 1. The zero-order chi connectivity index (χ0) is 19.8. The van der Waals surface area contributed by atoms with Crippen LogP contribution in [0.2, 0.25) is 0 Å². The number of hydrogen-bond acceptors (Lipinski definition) is 3. The average molecular weight is 398 g/mol. The summed E-state index contributed by atoms with van der Waals surface area (Å²) >= 11 is 4.81. The lowest BCUT2D eigenvalue weighted by Crippen LogP contribution is -2.72. The Kier molecular flexibility index (Phi) is 4.92. The van der Waals surface area contributed by atoms with Crippen LogP contribution < -0.4 is 10.6 Å². The maximum atomic E-state index is 13.8. The SMILES string of the molecule is O=C(c1ccccc1)C1C(c2ccc(F)cc2)NC(=S)NC1(O)C(F)(F)F. The number of aliphatic hydroxyl groups is 1. The van der Waals surface area contributed by atoms with Crippen LogP contribution in [0.4, 0.5) is 17.6 Å². The fraction of sp³-hybridized carbons (Fsp3) is 0.222. The second-order valence-electron chi connectivity index (χ2n) is 6.10. The summed E-state index contributed by atoms with van der Waals surface area (Å²) in [4.78, 5) is 13.0. The average Bonchev–Trinajstić information content (AvgIpc) is 2.61. The highest BCUT2D eigenvalue weighted by Gasteiger charge is 2.65. The lowest BCUT2D eigenvalue weighted by Gasteiger charge is -2.46. The van der Waals surface area contributed by atoms with Gasteiger partial charge in [0.15, 0.2) is 10.9 Å². The van der Waals surface area contributed by atoms with Crippen molar-refractivity contribution in [3.05, 3.63) is 71.5 Å². The van der Waals surface area contributed by atoms with Crippen LogP contribution in [0.5, 0.6) is 0 Å². The molecule has 1 aliphatic rings. The molecule has 0 aliphatic carbocycles. The van der Waals surface area contributed by atoms with Crippen LogP contribution >= 0.6 is 12.2 Å². The van der Waals surface area contributed by atoms with Crippen LogP contribution in [0.1, 0.15) is 22.0 Å². The minimum atomic E-state index is -5.20. The smallest absolute Gasteiger partial charge is 0.363 e. The van der Waals surface area contributed by atoms with E-state index in [1.807, 2.05) is 0 Å². The summed E-state index contributed by atoms with van der Waals surface area (Å²) in [6.07, 6.45) is -5.20. The van der Waals surface area contributed by atoms with E-state index in [1.165, 1.54) is 36.4 Å². The van der Waals surface area contributed by atoms with E-state index >= 15 is 0 Å². The number of halogens is 4. The van der Waals surface area contributed by atoms with E-state index in [0.717, 1.165) is 12.1 Å². The molecule has 1 aliphatic heterocycles. The number of ketones is 1. The van der Waals surface area contributed by atoms with E-state index in [4.69, 9.17) is 12.2 Å². The van der Waals surface area contributed by atoms with Gasteiger partial charge >= 0.3 is 6.18 Å². The summed E-state index contributed by atoms with van der Waals surface area (Å²) in [7, 11) is 0. The Morgan fingerprint density at radius 1 is 1.07 bits per heavy atom. The quantitative estimate of drug-likeness (QED) is 0.421. The topological polar surface area (TPSA) is 61.4 Å². The summed E-state index contributed by atoms with van der Waals surface area (Å²) in [6.45, 7) is 0. The molecule has 0 bridgehead atoms. The standard InChI is InChI=1S/C18H14F4N2O2S/c19-12-8-6-10(7-9-12)14-13(15(25)11-4-2-1-3-5-11)17(26,18(20,21)22)24-16(27)23-14/h1-9,13-14,26H,(H2,23,24,27). The Hall–Kier alpha value is -2.52. The van der Waals surface area contributed by atoms with E-state index < -0.39 is 40.6 Å². The molecule has 1 heterocycles. The summed E-state index contributed by atoms with van der Waals surface area (Å²) < 4.78 is 54.5. The Morgan fingerprint density at radius 3 is 2.22 bits per heavy atom. The van der Waals surface area contributed by atoms with E-state index in [1.54, 1.807) is 11.4 Å². The fourth-order valence-electron chi connectivity index (χ4n) is 3.07. The first kappa shape index (κ1) is 19.2. The van der Waals surface area contributed by atoms with Crippen molar-refractivity contribution in [2.75, 3.05) is 0 Å². The minimum Gasteiger partial charge on any atom is -0.363 e. The van der Waals surface area contributed by atoms with E-state index in [-0.39, 0.29) is 11.1 Å². The van der Waals surface area contributed by atoms with Gasteiger partial charge in [-0.3, -0.25) is 4.79 Å². The van der Waals surface area contributed by atoms with Crippen molar-refractivity contribution in [3.8, 4) is 0 Å². The molecule has 0 spiro atoms. The number of benzene rings is 2. The molecular weight excluding hydrogens is 384 g/mol. The molecule has 2 aromatic rings. The monoisotopic (exact) mass is 398 g/mol. The molecular formula is C18H14F4N2O2S. The second kappa shape index (κ2) is 6.90. The van der Waals surface area contributed by atoms with Crippen LogP contribution in [-0.2, 0) is 0 Å². The predicted octanol–water partition coefficient (Wildman–Crippen LogP) is 3.09. The maximum Gasteiger partial charge on any atom is 0.437 e. The normalized spacial score (nSPS) is 25.4. The summed E-state index contributed by atoms with van der Waals surface area (Å²) in [5.74, 6) is -3.53. The van der Waals surface area contributed by atoms with Crippen molar-refractivity contribution in [1.82, 2.24) is 10.6 Å².